The summed E-state index contributed by atoms with van der Waals surface area (Å²) in [5.41, 5.74) is 3.85. The normalized spacial score (nSPS) is 13.5. The highest BCUT2D eigenvalue weighted by Crippen LogP contribution is 2.40. The number of carbonyl (C=O) groups is 1. The van der Waals surface area contributed by atoms with E-state index in [0.717, 1.165) is 49.7 Å². The van der Waals surface area contributed by atoms with Gasteiger partial charge in [0.05, 0.1) is 12.2 Å². The molecule has 1 amide bonds. The van der Waals surface area contributed by atoms with Crippen LogP contribution in [0.3, 0.4) is 0 Å². The van der Waals surface area contributed by atoms with Crippen LogP contribution in [0.5, 0.6) is 5.75 Å². The molecule has 1 saturated carbocycles. The summed E-state index contributed by atoms with van der Waals surface area (Å²) in [4.78, 5) is 14.8. The number of aliphatic hydroxyl groups is 2. The third kappa shape index (κ3) is 5.92. The molecule has 1 fully saturated rings. The van der Waals surface area contributed by atoms with Gasteiger partial charge in [0, 0.05) is 11.6 Å². The van der Waals surface area contributed by atoms with E-state index in [2.05, 4.69) is 13.0 Å². The Balaban J connectivity index is 1.56. The minimum Gasteiger partial charge on any atom is -0.493 e. The minimum atomic E-state index is -2.48. The quantitative estimate of drug-likeness (QED) is 0.264. The molecule has 1 aliphatic carbocycles. The van der Waals surface area contributed by atoms with Crippen molar-refractivity contribution in [3.63, 3.8) is 0 Å². The number of ether oxygens (including phenoxy) is 1. The Kier molecular flexibility index (Phi) is 7.89. The van der Waals surface area contributed by atoms with E-state index in [1.807, 2.05) is 37.3 Å². The van der Waals surface area contributed by atoms with Crippen molar-refractivity contribution in [1.82, 2.24) is 4.90 Å². The van der Waals surface area contributed by atoms with Crippen LogP contribution in [0.4, 0.5) is 0 Å². The molecule has 0 heterocycles. The summed E-state index contributed by atoms with van der Waals surface area (Å²) in [7, 11) is 0. The molecule has 0 aromatic heterocycles. The molecule has 35 heavy (non-hydrogen) atoms. The zero-order valence-corrected chi connectivity index (χ0v) is 20.6. The van der Waals surface area contributed by atoms with Crippen molar-refractivity contribution < 1.29 is 19.7 Å². The van der Waals surface area contributed by atoms with E-state index >= 15 is 0 Å². The maximum atomic E-state index is 13.6. The molecule has 4 rings (SSSR count). The van der Waals surface area contributed by atoms with Crippen LogP contribution in [0.1, 0.15) is 66.9 Å². The monoisotopic (exact) mass is 473 g/mol. The maximum Gasteiger partial charge on any atom is 0.281 e. The summed E-state index contributed by atoms with van der Waals surface area (Å²) < 4.78 is 5.92. The third-order valence-electron chi connectivity index (χ3n) is 6.45. The van der Waals surface area contributed by atoms with Crippen molar-refractivity contribution in [2.45, 2.75) is 64.3 Å². The molecule has 0 aliphatic heterocycles. The van der Waals surface area contributed by atoms with E-state index in [-0.39, 0.29) is 11.6 Å². The van der Waals surface area contributed by atoms with Gasteiger partial charge < -0.3 is 14.9 Å². The molecule has 0 radical (unpaired) electrons. The first-order valence-corrected chi connectivity index (χ1v) is 12.6. The number of unbranched alkanes of at least 4 members (excludes halogenated alkanes) is 3. The molecular formula is C30H35NO4. The third-order valence-corrected chi connectivity index (χ3v) is 6.45. The topological polar surface area (TPSA) is 70.0 Å². The molecule has 1 aliphatic rings. The Morgan fingerprint density at radius 3 is 2.37 bits per heavy atom. The van der Waals surface area contributed by atoms with Gasteiger partial charge in [-0.3, -0.25) is 9.69 Å². The predicted octanol–water partition coefficient (Wildman–Crippen LogP) is 6.02. The van der Waals surface area contributed by atoms with Crippen LogP contribution in [0.15, 0.2) is 72.8 Å². The second-order valence-electron chi connectivity index (χ2n) is 9.39. The first-order valence-electron chi connectivity index (χ1n) is 12.6. The Morgan fingerprint density at radius 2 is 1.69 bits per heavy atom. The van der Waals surface area contributed by atoms with Gasteiger partial charge in [-0.2, -0.15) is 0 Å². The molecule has 0 spiro atoms. The van der Waals surface area contributed by atoms with E-state index in [1.165, 1.54) is 10.5 Å². The number of rotatable bonds is 11. The highest BCUT2D eigenvalue weighted by atomic mass is 16.5. The van der Waals surface area contributed by atoms with Gasteiger partial charge in [-0.05, 0) is 61.6 Å². The number of hydrogen-bond donors (Lipinski definition) is 2. The Labute approximate surface area is 208 Å². The van der Waals surface area contributed by atoms with Crippen molar-refractivity contribution in [2.24, 2.45) is 0 Å². The van der Waals surface area contributed by atoms with Crippen LogP contribution in [0.25, 0.3) is 11.1 Å². The van der Waals surface area contributed by atoms with Gasteiger partial charge in [-0.1, -0.05) is 80.3 Å². The Hall–Kier alpha value is -3.15. The smallest absolute Gasteiger partial charge is 0.281 e. The van der Waals surface area contributed by atoms with Crippen LogP contribution in [0, 0.1) is 6.92 Å². The Morgan fingerprint density at radius 1 is 0.943 bits per heavy atom. The van der Waals surface area contributed by atoms with Crippen LogP contribution >= 0.6 is 0 Å². The van der Waals surface area contributed by atoms with Gasteiger partial charge in [0.2, 0.25) is 0 Å². The average Bonchev–Trinajstić information content (AvgIpc) is 3.69. The lowest BCUT2D eigenvalue weighted by Crippen LogP contribution is -2.51. The number of carbonyl (C=O) groups excluding carboxylic acids is 1. The first-order chi connectivity index (χ1) is 16.9. The van der Waals surface area contributed by atoms with Crippen LogP contribution < -0.4 is 4.74 Å². The molecular weight excluding hydrogens is 438 g/mol. The van der Waals surface area contributed by atoms with Crippen molar-refractivity contribution in [2.75, 3.05) is 6.61 Å². The first kappa shape index (κ1) is 25.0. The largest absolute Gasteiger partial charge is 0.493 e. The number of nitrogens with zero attached hydrogens (tertiary/aromatic N) is 1. The van der Waals surface area contributed by atoms with E-state index in [1.54, 1.807) is 36.4 Å². The van der Waals surface area contributed by atoms with Crippen molar-refractivity contribution in [3.8, 4) is 16.9 Å². The highest BCUT2D eigenvalue weighted by Gasteiger charge is 2.48. The maximum absolute atomic E-state index is 13.6. The highest BCUT2D eigenvalue weighted by molar-refractivity contribution is 5.95. The van der Waals surface area contributed by atoms with E-state index < -0.39 is 11.8 Å². The number of benzene rings is 3. The second-order valence-corrected chi connectivity index (χ2v) is 9.39. The minimum absolute atomic E-state index is 0.187. The zero-order valence-electron chi connectivity index (χ0n) is 20.6. The average molecular weight is 474 g/mol. The molecule has 0 unspecified atom stereocenters. The molecule has 2 N–H and O–H groups in total. The lowest BCUT2D eigenvalue weighted by atomic mass is 10.0. The fraction of sp³-hybridized carbons (Fsp3) is 0.367. The predicted molar refractivity (Wildman–Crippen MR) is 138 cm³/mol. The van der Waals surface area contributed by atoms with E-state index in [0.29, 0.717) is 17.9 Å². The van der Waals surface area contributed by atoms with Crippen molar-refractivity contribution in [1.29, 1.82) is 0 Å². The molecule has 0 saturated heterocycles. The van der Waals surface area contributed by atoms with Crippen LogP contribution in [0.2, 0.25) is 0 Å². The van der Waals surface area contributed by atoms with Crippen LogP contribution in [-0.2, 0) is 5.91 Å². The summed E-state index contributed by atoms with van der Waals surface area (Å²) in [6.07, 6.45) is 5.70. The SMILES string of the molecule is CCCCCCOc1ccccc1C(O)(O)N(C(=O)c1ccc(-c2cccc(C)c2)cc1)C1CC1. The van der Waals surface area contributed by atoms with Gasteiger partial charge in [-0.25, -0.2) is 0 Å². The zero-order chi connectivity index (χ0) is 24.8. The number of para-hydroxylation sites is 1. The number of hydrogen-bond acceptors (Lipinski definition) is 4. The fourth-order valence-corrected chi connectivity index (χ4v) is 4.37. The molecule has 3 aromatic carbocycles. The molecule has 0 bridgehead atoms. The summed E-state index contributed by atoms with van der Waals surface area (Å²) >= 11 is 0. The fourth-order valence-electron chi connectivity index (χ4n) is 4.37. The summed E-state index contributed by atoms with van der Waals surface area (Å²) in [5, 5.41) is 22.7. The van der Waals surface area contributed by atoms with Crippen molar-refractivity contribution in [3.05, 3.63) is 89.5 Å². The summed E-state index contributed by atoms with van der Waals surface area (Å²) in [6.45, 7) is 4.69. The molecule has 3 aromatic rings. The van der Waals surface area contributed by atoms with Gasteiger partial charge in [0.15, 0.2) is 0 Å². The molecule has 184 valence electrons. The van der Waals surface area contributed by atoms with Gasteiger partial charge >= 0.3 is 0 Å². The lowest BCUT2D eigenvalue weighted by Gasteiger charge is -2.36. The second kappa shape index (κ2) is 11.1. The molecule has 5 heteroatoms. The molecule has 5 nitrogen and oxygen atoms in total. The van der Waals surface area contributed by atoms with Gasteiger partial charge in [0.1, 0.15) is 5.75 Å². The van der Waals surface area contributed by atoms with E-state index in [9.17, 15) is 15.0 Å². The lowest BCUT2D eigenvalue weighted by molar-refractivity contribution is -0.259. The standard InChI is InChI=1S/C30H35NO4/c1-3-4-5-8-20-35-28-13-7-6-12-27(28)30(33,34)31(26-18-19-26)29(32)24-16-14-23(15-17-24)25-11-9-10-22(2)21-25/h6-7,9-17,21,26,33-34H,3-5,8,18-20H2,1-2H3. The van der Waals surface area contributed by atoms with Gasteiger partial charge in [-0.15, -0.1) is 0 Å². The van der Waals surface area contributed by atoms with E-state index in [4.69, 9.17) is 4.74 Å². The molecule has 0 atom stereocenters. The van der Waals surface area contributed by atoms with Crippen LogP contribution in [-0.4, -0.2) is 33.7 Å². The Bertz CT molecular complexity index is 1140. The number of amides is 1. The summed E-state index contributed by atoms with van der Waals surface area (Å²) in [5.74, 6) is -2.50. The van der Waals surface area contributed by atoms with Crippen molar-refractivity contribution >= 4 is 5.91 Å². The van der Waals surface area contributed by atoms with Gasteiger partial charge in [0.25, 0.3) is 11.8 Å². The number of aryl methyl sites for hydroxylation is 1. The summed E-state index contributed by atoms with van der Waals surface area (Å²) in [6, 6.07) is 22.1.